The summed E-state index contributed by atoms with van der Waals surface area (Å²) in [6, 6.07) is 5.43. The molecular weight excluding hydrogens is 288 g/mol. The second-order valence-electron chi connectivity index (χ2n) is 6.27. The van der Waals surface area contributed by atoms with Gasteiger partial charge in [-0.3, -0.25) is 9.59 Å². The summed E-state index contributed by atoms with van der Waals surface area (Å²) in [6.07, 6.45) is 2.11. The molecule has 0 atom stereocenters. The van der Waals surface area contributed by atoms with E-state index in [4.69, 9.17) is 11.6 Å². The molecule has 2 aliphatic rings. The summed E-state index contributed by atoms with van der Waals surface area (Å²) in [4.78, 5) is 28.4. The molecule has 2 heterocycles. The zero-order chi connectivity index (χ0) is 15.2. The van der Waals surface area contributed by atoms with Crippen LogP contribution in [0.2, 0.25) is 5.02 Å². The van der Waals surface area contributed by atoms with E-state index in [-0.39, 0.29) is 18.4 Å². The van der Waals surface area contributed by atoms with Crippen molar-refractivity contribution in [3.05, 3.63) is 28.8 Å². The molecule has 3 rings (SSSR count). The number of hydrogen-bond donors (Lipinski definition) is 0. The third-order valence-electron chi connectivity index (χ3n) is 4.45. The first-order chi connectivity index (χ1) is 9.91. The van der Waals surface area contributed by atoms with Gasteiger partial charge < -0.3 is 9.80 Å². The van der Waals surface area contributed by atoms with Crippen LogP contribution in [0.4, 0.5) is 5.69 Å². The molecule has 1 saturated heterocycles. The Morgan fingerprint density at radius 1 is 1.29 bits per heavy atom. The number of hydrogen-bond acceptors (Lipinski definition) is 2. The zero-order valence-electron chi connectivity index (χ0n) is 12.4. The Morgan fingerprint density at radius 2 is 1.95 bits per heavy atom. The predicted molar refractivity (Wildman–Crippen MR) is 82.6 cm³/mol. The summed E-state index contributed by atoms with van der Waals surface area (Å²) >= 11 is 6.05. The van der Waals surface area contributed by atoms with E-state index in [0.29, 0.717) is 5.02 Å². The third kappa shape index (κ3) is 2.31. The number of carbonyl (C=O) groups is 2. The Bertz CT molecular complexity index is 606. The second-order valence-corrected chi connectivity index (χ2v) is 6.70. The molecule has 0 bridgehead atoms. The lowest BCUT2D eigenvalue weighted by molar-refractivity contribution is -0.131. The molecule has 2 amide bonds. The maximum atomic E-state index is 12.7. The van der Waals surface area contributed by atoms with Crippen LogP contribution in [0, 0.1) is 0 Å². The van der Waals surface area contributed by atoms with Crippen molar-refractivity contribution < 1.29 is 9.59 Å². The Morgan fingerprint density at radius 3 is 2.62 bits per heavy atom. The van der Waals surface area contributed by atoms with Crippen molar-refractivity contribution in [1.82, 2.24) is 4.90 Å². The molecule has 2 aliphatic heterocycles. The van der Waals surface area contributed by atoms with Crippen LogP contribution in [-0.2, 0) is 15.0 Å². The quantitative estimate of drug-likeness (QED) is 0.842. The largest absolute Gasteiger partial charge is 0.341 e. The average molecular weight is 307 g/mol. The molecule has 0 radical (unpaired) electrons. The SMILES string of the molecule is CC1(C)C(=O)N(CC(=O)N2CCCC2)c2ccc(Cl)cc21. The fourth-order valence-electron chi connectivity index (χ4n) is 3.17. The number of fused-ring (bicyclic) bond motifs is 1. The summed E-state index contributed by atoms with van der Waals surface area (Å²) in [6.45, 7) is 5.49. The molecule has 0 aliphatic carbocycles. The number of likely N-dealkylation sites (tertiary alicyclic amines) is 1. The summed E-state index contributed by atoms with van der Waals surface area (Å²) in [5, 5.41) is 0.613. The van der Waals surface area contributed by atoms with Gasteiger partial charge in [-0.25, -0.2) is 0 Å². The van der Waals surface area contributed by atoms with E-state index in [1.54, 1.807) is 11.0 Å². The van der Waals surface area contributed by atoms with Crippen LogP contribution in [-0.4, -0.2) is 36.3 Å². The number of nitrogens with zero attached hydrogens (tertiary/aromatic N) is 2. The number of rotatable bonds is 2. The van der Waals surface area contributed by atoms with Crippen LogP contribution in [0.5, 0.6) is 0 Å². The summed E-state index contributed by atoms with van der Waals surface area (Å²) in [5.41, 5.74) is 1.07. The predicted octanol–water partition coefficient (Wildman–Crippen LogP) is 2.59. The van der Waals surface area contributed by atoms with Crippen molar-refractivity contribution >= 4 is 29.1 Å². The van der Waals surface area contributed by atoms with Crippen molar-refractivity contribution in [2.45, 2.75) is 32.1 Å². The molecule has 1 aromatic rings. The monoisotopic (exact) mass is 306 g/mol. The average Bonchev–Trinajstić information content (AvgIpc) is 3.03. The fourth-order valence-corrected chi connectivity index (χ4v) is 3.34. The van der Waals surface area contributed by atoms with Crippen molar-refractivity contribution in [1.29, 1.82) is 0 Å². The van der Waals surface area contributed by atoms with Gasteiger partial charge in [0.05, 0.1) is 5.41 Å². The van der Waals surface area contributed by atoms with E-state index < -0.39 is 5.41 Å². The molecule has 5 heteroatoms. The van der Waals surface area contributed by atoms with Gasteiger partial charge in [0.1, 0.15) is 6.54 Å². The van der Waals surface area contributed by atoms with Gasteiger partial charge in [-0.05, 0) is 50.5 Å². The van der Waals surface area contributed by atoms with Crippen LogP contribution in [0.15, 0.2) is 18.2 Å². The lowest BCUT2D eigenvalue weighted by atomic mass is 9.86. The van der Waals surface area contributed by atoms with E-state index in [1.807, 2.05) is 30.9 Å². The first kappa shape index (κ1) is 14.4. The highest BCUT2D eigenvalue weighted by molar-refractivity contribution is 6.31. The topological polar surface area (TPSA) is 40.6 Å². The van der Waals surface area contributed by atoms with Gasteiger partial charge in [-0.1, -0.05) is 11.6 Å². The zero-order valence-corrected chi connectivity index (χ0v) is 13.1. The number of halogens is 1. The van der Waals surface area contributed by atoms with Crippen molar-refractivity contribution in [3.8, 4) is 0 Å². The molecule has 0 N–H and O–H groups in total. The number of anilines is 1. The smallest absolute Gasteiger partial charge is 0.242 e. The molecule has 0 aromatic heterocycles. The Kier molecular flexibility index (Phi) is 3.44. The van der Waals surface area contributed by atoms with Gasteiger partial charge in [-0.2, -0.15) is 0 Å². The molecular formula is C16H19ClN2O2. The lowest BCUT2D eigenvalue weighted by Crippen LogP contribution is -2.43. The van der Waals surface area contributed by atoms with Crippen LogP contribution < -0.4 is 4.90 Å². The van der Waals surface area contributed by atoms with Gasteiger partial charge in [0.25, 0.3) is 0 Å². The maximum absolute atomic E-state index is 12.7. The summed E-state index contributed by atoms with van der Waals surface area (Å²) in [7, 11) is 0. The summed E-state index contributed by atoms with van der Waals surface area (Å²) in [5.74, 6) is -0.00763. The van der Waals surface area contributed by atoms with E-state index >= 15 is 0 Å². The molecule has 112 valence electrons. The van der Waals surface area contributed by atoms with Gasteiger partial charge in [-0.15, -0.1) is 0 Å². The van der Waals surface area contributed by atoms with Gasteiger partial charge in [0.2, 0.25) is 11.8 Å². The highest BCUT2D eigenvalue weighted by atomic mass is 35.5. The van der Waals surface area contributed by atoms with E-state index in [9.17, 15) is 9.59 Å². The fraction of sp³-hybridized carbons (Fsp3) is 0.500. The van der Waals surface area contributed by atoms with Crippen LogP contribution in [0.1, 0.15) is 32.3 Å². The first-order valence-electron chi connectivity index (χ1n) is 7.31. The lowest BCUT2D eigenvalue weighted by Gasteiger charge is -2.23. The second kappa shape index (κ2) is 5.02. The maximum Gasteiger partial charge on any atom is 0.242 e. The van der Waals surface area contributed by atoms with Crippen LogP contribution in [0.3, 0.4) is 0 Å². The van der Waals surface area contributed by atoms with E-state index in [1.165, 1.54) is 0 Å². The Balaban J connectivity index is 1.90. The molecule has 0 unspecified atom stereocenters. The van der Waals surface area contributed by atoms with Crippen molar-refractivity contribution in [3.63, 3.8) is 0 Å². The number of amides is 2. The molecule has 4 nitrogen and oxygen atoms in total. The minimum absolute atomic E-state index is 0.0273. The summed E-state index contributed by atoms with van der Waals surface area (Å²) < 4.78 is 0. The van der Waals surface area contributed by atoms with E-state index in [0.717, 1.165) is 37.2 Å². The van der Waals surface area contributed by atoms with Crippen LogP contribution >= 0.6 is 11.6 Å². The van der Waals surface area contributed by atoms with E-state index in [2.05, 4.69) is 0 Å². The third-order valence-corrected chi connectivity index (χ3v) is 4.69. The Hall–Kier alpha value is -1.55. The molecule has 0 saturated carbocycles. The minimum Gasteiger partial charge on any atom is -0.341 e. The van der Waals surface area contributed by atoms with Crippen molar-refractivity contribution in [2.24, 2.45) is 0 Å². The molecule has 0 spiro atoms. The molecule has 1 fully saturated rings. The highest BCUT2D eigenvalue weighted by Crippen LogP contribution is 2.42. The number of carbonyl (C=O) groups excluding carboxylic acids is 2. The Labute approximate surface area is 129 Å². The first-order valence-corrected chi connectivity index (χ1v) is 7.69. The van der Waals surface area contributed by atoms with Gasteiger partial charge >= 0.3 is 0 Å². The number of benzene rings is 1. The molecule has 1 aromatic carbocycles. The van der Waals surface area contributed by atoms with Gasteiger partial charge in [0, 0.05) is 23.8 Å². The van der Waals surface area contributed by atoms with Crippen LogP contribution in [0.25, 0.3) is 0 Å². The standard InChI is InChI=1S/C16H19ClN2O2/c1-16(2)12-9-11(17)5-6-13(12)19(15(16)21)10-14(20)18-7-3-4-8-18/h5-6,9H,3-4,7-8,10H2,1-2H3. The highest BCUT2D eigenvalue weighted by Gasteiger charge is 2.44. The molecule has 21 heavy (non-hydrogen) atoms. The van der Waals surface area contributed by atoms with Crippen molar-refractivity contribution in [2.75, 3.05) is 24.5 Å². The minimum atomic E-state index is -0.633. The normalized spacial score (nSPS) is 20.0. The van der Waals surface area contributed by atoms with Gasteiger partial charge in [0.15, 0.2) is 0 Å².